The Labute approximate surface area is 80.1 Å². The molecule has 0 amide bonds. The Hall–Kier alpha value is -0.590. The summed E-state index contributed by atoms with van der Waals surface area (Å²) in [5.41, 5.74) is -0.326. The van der Waals surface area contributed by atoms with Gasteiger partial charge < -0.3 is 4.74 Å². The molecule has 1 fully saturated rings. The first kappa shape index (κ1) is 10.5. The highest BCUT2D eigenvalue weighted by atomic mass is 16.5. The Balaban J connectivity index is 2.59. The Morgan fingerprint density at radius 2 is 2.46 bits per heavy atom. The van der Waals surface area contributed by atoms with Crippen LogP contribution in [-0.2, 0) is 4.74 Å². The van der Waals surface area contributed by atoms with Gasteiger partial charge in [-0.25, -0.2) is 0 Å². The van der Waals surface area contributed by atoms with Gasteiger partial charge in [0, 0.05) is 13.5 Å². The zero-order chi connectivity index (χ0) is 9.73. The number of hydrogen-bond donors (Lipinski definition) is 1. The lowest BCUT2D eigenvalue weighted by molar-refractivity contribution is 0.0454. The van der Waals surface area contributed by atoms with Crippen LogP contribution in [0.4, 0.5) is 0 Å². The van der Waals surface area contributed by atoms with Crippen molar-refractivity contribution in [3.8, 4) is 6.07 Å². The highest BCUT2D eigenvalue weighted by molar-refractivity contribution is 5.09. The van der Waals surface area contributed by atoms with E-state index in [-0.39, 0.29) is 11.6 Å². The fourth-order valence-corrected chi connectivity index (χ4v) is 2.07. The van der Waals surface area contributed by atoms with E-state index in [1.54, 1.807) is 7.11 Å². The fourth-order valence-electron chi connectivity index (χ4n) is 2.07. The van der Waals surface area contributed by atoms with E-state index < -0.39 is 0 Å². The quantitative estimate of drug-likeness (QED) is 0.718. The monoisotopic (exact) mass is 182 g/mol. The standard InChI is InChI=1S/C10H18N2O/c1-3-12-10(8-11)6-4-5-9(7-10)13-2/h9,12H,3-7H2,1-2H3. The van der Waals surface area contributed by atoms with Crippen molar-refractivity contribution in [1.82, 2.24) is 5.32 Å². The lowest BCUT2D eigenvalue weighted by atomic mass is 9.81. The Morgan fingerprint density at radius 1 is 1.69 bits per heavy atom. The third-order valence-electron chi connectivity index (χ3n) is 2.77. The summed E-state index contributed by atoms with van der Waals surface area (Å²) >= 11 is 0. The lowest BCUT2D eigenvalue weighted by Crippen LogP contribution is -2.49. The molecule has 1 N–H and O–H groups in total. The van der Waals surface area contributed by atoms with Gasteiger partial charge in [-0.05, 0) is 25.8 Å². The summed E-state index contributed by atoms with van der Waals surface area (Å²) in [5, 5.41) is 12.4. The summed E-state index contributed by atoms with van der Waals surface area (Å²) in [6, 6.07) is 2.39. The summed E-state index contributed by atoms with van der Waals surface area (Å²) in [7, 11) is 1.73. The summed E-state index contributed by atoms with van der Waals surface area (Å²) in [6.45, 7) is 2.89. The van der Waals surface area contributed by atoms with Crippen LogP contribution in [0, 0.1) is 11.3 Å². The molecule has 0 aromatic heterocycles. The number of nitrogens with one attached hydrogen (secondary N) is 1. The number of ether oxygens (including phenoxy) is 1. The number of methoxy groups -OCH3 is 1. The molecule has 1 aliphatic rings. The van der Waals surface area contributed by atoms with Crippen molar-refractivity contribution in [2.75, 3.05) is 13.7 Å². The van der Waals surface area contributed by atoms with Crippen molar-refractivity contribution in [1.29, 1.82) is 5.26 Å². The molecule has 3 nitrogen and oxygen atoms in total. The Morgan fingerprint density at radius 3 is 3.00 bits per heavy atom. The maximum Gasteiger partial charge on any atom is 0.109 e. The molecule has 0 bridgehead atoms. The molecule has 0 radical (unpaired) electrons. The highest BCUT2D eigenvalue weighted by Gasteiger charge is 2.35. The zero-order valence-electron chi connectivity index (χ0n) is 8.47. The van der Waals surface area contributed by atoms with Crippen LogP contribution in [0.1, 0.15) is 32.6 Å². The van der Waals surface area contributed by atoms with Gasteiger partial charge in [0.25, 0.3) is 0 Å². The van der Waals surface area contributed by atoms with E-state index in [0.717, 1.165) is 32.2 Å². The van der Waals surface area contributed by atoms with Crippen LogP contribution in [0.15, 0.2) is 0 Å². The SMILES string of the molecule is CCNC1(C#N)CCCC(OC)C1. The number of nitriles is 1. The minimum Gasteiger partial charge on any atom is -0.381 e. The molecule has 2 unspecified atom stereocenters. The third kappa shape index (κ3) is 2.43. The molecule has 0 spiro atoms. The van der Waals surface area contributed by atoms with Gasteiger partial charge >= 0.3 is 0 Å². The van der Waals surface area contributed by atoms with E-state index in [9.17, 15) is 0 Å². The van der Waals surface area contributed by atoms with Gasteiger partial charge in [0.05, 0.1) is 12.2 Å². The first-order valence-corrected chi connectivity index (χ1v) is 4.95. The second-order valence-corrected chi connectivity index (χ2v) is 3.68. The van der Waals surface area contributed by atoms with Crippen LogP contribution >= 0.6 is 0 Å². The normalized spacial score (nSPS) is 34.1. The molecular formula is C10H18N2O. The van der Waals surface area contributed by atoms with Crippen LogP contribution in [0.5, 0.6) is 0 Å². The summed E-state index contributed by atoms with van der Waals surface area (Å²) in [5.74, 6) is 0. The van der Waals surface area contributed by atoms with E-state index in [1.165, 1.54) is 0 Å². The number of hydrogen-bond acceptors (Lipinski definition) is 3. The zero-order valence-corrected chi connectivity index (χ0v) is 8.47. The van der Waals surface area contributed by atoms with Gasteiger partial charge in [0.2, 0.25) is 0 Å². The summed E-state index contributed by atoms with van der Waals surface area (Å²) < 4.78 is 5.30. The molecule has 0 aromatic rings. The molecule has 1 aliphatic carbocycles. The minimum atomic E-state index is -0.326. The highest BCUT2D eigenvalue weighted by Crippen LogP contribution is 2.29. The van der Waals surface area contributed by atoms with Crippen molar-refractivity contribution < 1.29 is 4.74 Å². The van der Waals surface area contributed by atoms with Gasteiger partial charge in [0.15, 0.2) is 0 Å². The van der Waals surface area contributed by atoms with Crippen molar-refractivity contribution in [3.05, 3.63) is 0 Å². The molecule has 1 rings (SSSR count). The fraction of sp³-hybridized carbons (Fsp3) is 0.900. The molecule has 74 valence electrons. The van der Waals surface area contributed by atoms with E-state index in [0.29, 0.717) is 0 Å². The molecule has 2 atom stereocenters. The van der Waals surface area contributed by atoms with Crippen LogP contribution in [0.2, 0.25) is 0 Å². The Kier molecular flexibility index (Phi) is 3.71. The van der Waals surface area contributed by atoms with Gasteiger partial charge in [0.1, 0.15) is 5.54 Å². The lowest BCUT2D eigenvalue weighted by Gasteiger charge is -2.35. The van der Waals surface area contributed by atoms with Crippen LogP contribution in [0.25, 0.3) is 0 Å². The van der Waals surface area contributed by atoms with Crippen LogP contribution in [-0.4, -0.2) is 25.3 Å². The molecule has 13 heavy (non-hydrogen) atoms. The van der Waals surface area contributed by atoms with Gasteiger partial charge in [-0.15, -0.1) is 0 Å². The van der Waals surface area contributed by atoms with E-state index in [2.05, 4.69) is 11.4 Å². The first-order valence-electron chi connectivity index (χ1n) is 4.95. The second-order valence-electron chi connectivity index (χ2n) is 3.68. The number of rotatable bonds is 3. The smallest absolute Gasteiger partial charge is 0.109 e. The molecule has 0 aliphatic heterocycles. The molecule has 0 saturated heterocycles. The third-order valence-corrected chi connectivity index (χ3v) is 2.77. The van der Waals surface area contributed by atoms with Crippen molar-refractivity contribution in [3.63, 3.8) is 0 Å². The van der Waals surface area contributed by atoms with Gasteiger partial charge in [-0.2, -0.15) is 5.26 Å². The maximum atomic E-state index is 9.12. The van der Waals surface area contributed by atoms with Crippen molar-refractivity contribution >= 4 is 0 Å². The molecule has 0 aromatic carbocycles. The Bertz CT molecular complexity index is 196. The van der Waals surface area contributed by atoms with Gasteiger partial charge in [-0.3, -0.25) is 5.32 Å². The minimum absolute atomic E-state index is 0.257. The van der Waals surface area contributed by atoms with E-state index in [4.69, 9.17) is 10.00 Å². The molecular weight excluding hydrogens is 164 g/mol. The van der Waals surface area contributed by atoms with E-state index >= 15 is 0 Å². The maximum absolute atomic E-state index is 9.12. The van der Waals surface area contributed by atoms with Gasteiger partial charge in [-0.1, -0.05) is 6.92 Å². The predicted octanol–water partition coefficient (Wildman–Crippen LogP) is 1.45. The first-order chi connectivity index (χ1) is 6.26. The molecule has 3 heteroatoms. The van der Waals surface area contributed by atoms with Crippen molar-refractivity contribution in [2.24, 2.45) is 0 Å². The predicted molar refractivity (Wildman–Crippen MR) is 51.3 cm³/mol. The van der Waals surface area contributed by atoms with E-state index in [1.807, 2.05) is 6.92 Å². The molecule has 1 saturated carbocycles. The average molecular weight is 182 g/mol. The van der Waals surface area contributed by atoms with Crippen molar-refractivity contribution in [2.45, 2.75) is 44.2 Å². The largest absolute Gasteiger partial charge is 0.381 e. The number of nitrogens with zero attached hydrogens (tertiary/aromatic N) is 1. The topological polar surface area (TPSA) is 45.0 Å². The average Bonchev–Trinajstić information content (AvgIpc) is 2.19. The second kappa shape index (κ2) is 4.59. The summed E-state index contributed by atoms with van der Waals surface area (Å²) in [6.07, 6.45) is 4.21. The van der Waals surface area contributed by atoms with Crippen LogP contribution in [0.3, 0.4) is 0 Å². The molecule has 0 heterocycles. The van der Waals surface area contributed by atoms with Crippen LogP contribution < -0.4 is 5.32 Å². The summed E-state index contributed by atoms with van der Waals surface area (Å²) in [4.78, 5) is 0.